The van der Waals surface area contributed by atoms with Gasteiger partial charge in [0.05, 0.1) is 12.9 Å². The van der Waals surface area contributed by atoms with Gasteiger partial charge in [0.1, 0.15) is 0 Å². The summed E-state index contributed by atoms with van der Waals surface area (Å²) in [5.74, 6) is 0. The van der Waals surface area contributed by atoms with Gasteiger partial charge in [0.25, 0.3) is 0 Å². The van der Waals surface area contributed by atoms with Crippen LogP contribution in [0.15, 0.2) is 30.6 Å². The van der Waals surface area contributed by atoms with Crippen LogP contribution in [0.5, 0.6) is 0 Å². The second-order valence-corrected chi connectivity index (χ2v) is 2.74. The minimum atomic E-state index is -0.307. The van der Waals surface area contributed by atoms with Crippen LogP contribution in [0.25, 0.3) is 5.57 Å². The summed E-state index contributed by atoms with van der Waals surface area (Å²) in [5, 5.41) is 9.30. The van der Waals surface area contributed by atoms with Gasteiger partial charge in [-0.3, -0.25) is 0 Å². The molecule has 0 aliphatic rings. The maximum Gasteiger partial charge on any atom is 0.0928 e. The van der Waals surface area contributed by atoms with Gasteiger partial charge in [0.15, 0.2) is 0 Å². The molecule has 0 amide bonds. The smallest absolute Gasteiger partial charge is 0.0928 e. The van der Waals surface area contributed by atoms with Crippen LogP contribution in [0.3, 0.4) is 0 Å². The van der Waals surface area contributed by atoms with Crippen molar-refractivity contribution in [3.63, 3.8) is 0 Å². The molecule has 0 fully saturated rings. The first-order chi connectivity index (χ1) is 5.77. The van der Waals surface area contributed by atoms with Crippen LogP contribution < -0.4 is 0 Å². The van der Waals surface area contributed by atoms with Crippen LogP contribution in [0.4, 0.5) is 4.39 Å². The van der Waals surface area contributed by atoms with Gasteiger partial charge < -0.3 is 5.11 Å². The van der Waals surface area contributed by atoms with Gasteiger partial charge in [-0.05, 0) is 17.7 Å². The molecule has 0 radical (unpaired) electrons. The zero-order valence-electron chi connectivity index (χ0n) is 6.30. The van der Waals surface area contributed by atoms with Crippen LogP contribution in [0, 0.1) is 0 Å². The molecule has 0 aromatic heterocycles. The molecule has 12 heavy (non-hydrogen) atoms. The Hall–Kier alpha value is -0.860. The van der Waals surface area contributed by atoms with Crippen molar-refractivity contribution in [1.29, 1.82) is 0 Å². The number of hydrogen-bond acceptors (Lipinski definition) is 1. The van der Waals surface area contributed by atoms with Gasteiger partial charge in [-0.25, -0.2) is 4.39 Å². The van der Waals surface area contributed by atoms with Gasteiger partial charge in [-0.15, -0.1) is 0 Å². The van der Waals surface area contributed by atoms with E-state index in [4.69, 9.17) is 16.7 Å². The molecular weight excluding hydrogens is 179 g/mol. The summed E-state index contributed by atoms with van der Waals surface area (Å²) in [6.07, 6.45) is 0.392. The lowest BCUT2D eigenvalue weighted by Crippen LogP contribution is -1.88. The first-order valence-corrected chi connectivity index (χ1v) is 3.81. The Labute approximate surface area is 75.1 Å². The zero-order chi connectivity index (χ0) is 8.97. The zero-order valence-corrected chi connectivity index (χ0v) is 7.05. The summed E-state index contributed by atoms with van der Waals surface area (Å²) in [6.45, 7) is -0.307. The standard InChI is InChI=1S/C9H8ClFO/c10-9-3-1-7(2-4-9)8(5-11)6-12/h1-5,12H,6H2. The largest absolute Gasteiger partial charge is 0.392 e. The van der Waals surface area contributed by atoms with E-state index in [2.05, 4.69) is 0 Å². The SMILES string of the molecule is OCC(=CF)c1ccc(Cl)cc1. The fourth-order valence-electron chi connectivity index (χ4n) is 0.853. The Morgan fingerprint density at radius 2 is 2.00 bits per heavy atom. The highest BCUT2D eigenvalue weighted by atomic mass is 35.5. The van der Waals surface area contributed by atoms with Gasteiger partial charge in [-0.1, -0.05) is 23.7 Å². The van der Waals surface area contributed by atoms with Crippen LogP contribution in [0.1, 0.15) is 5.56 Å². The third kappa shape index (κ3) is 2.06. The van der Waals surface area contributed by atoms with Gasteiger partial charge in [-0.2, -0.15) is 0 Å². The quantitative estimate of drug-likeness (QED) is 0.753. The van der Waals surface area contributed by atoms with E-state index in [9.17, 15) is 4.39 Å². The fourth-order valence-corrected chi connectivity index (χ4v) is 0.979. The second-order valence-electron chi connectivity index (χ2n) is 2.30. The monoisotopic (exact) mass is 186 g/mol. The van der Waals surface area contributed by atoms with E-state index in [0.29, 0.717) is 16.9 Å². The van der Waals surface area contributed by atoms with Crippen LogP contribution in [-0.4, -0.2) is 11.7 Å². The van der Waals surface area contributed by atoms with Gasteiger partial charge in [0.2, 0.25) is 0 Å². The van der Waals surface area contributed by atoms with E-state index in [1.54, 1.807) is 24.3 Å². The summed E-state index contributed by atoms with van der Waals surface area (Å²) >= 11 is 5.63. The minimum absolute atomic E-state index is 0.256. The number of benzene rings is 1. The Balaban J connectivity index is 2.96. The molecule has 1 aromatic rings. The summed E-state index contributed by atoms with van der Waals surface area (Å²) in [7, 11) is 0. The predicted octanol–water partition coefficient (Wildman–Crippen LogP) is 2.64. The highest BCUT2D eigenvalue weighted by Crippen LogP contribution is 2.16. The maximum absolute atomic E-state index is 12.1. The number of aliphatic hydroxyl groups excluding tert-OH is 1. The van der Waals surface area contributed by atoms with Gasteiger partial charge in [0, 0.05) is 10.6 Å². The lowest BCUT2D eigenvalue weighted by Gasteiger charge is -2.00. The molecule has 0 bridgehead atoms. The Bertz CT molecular complexity index is 279. The second kappa shape index (κ2) is 4.24. The van der Waals surface area contributed by atoms with E-state index in [1.807, 2.05) is 0 Å². The summed E-state index contributed by atoms with van der Waals surface area (Å²) in [4.78, 5) is 0. The highest BCUT2D eigenvalue weighted by Gasteiger charge is 1.98. The molecule has 1 rings (SSSR count). The molecule has 3 heteroatoms. The molecule has 0 aliphatic heterocycles. The van der Waals surface area contributed by atoms with Crippen molar-refractivity contribution >= 4 is 17.2 Å². The molecule has 0 heterocycles. The lowest BCUT2D eigenvalue weighted by molar-refractivity contribution is 0.348. The minimum Gasteiger partial charge on any atom is -0.392 e. The topological polar surface area (TPSA) is 20.2 Å². The first kappa shape index (κ1) is 9.23. The van der Waals surface area contributed by atoms with Crippen molar-refractivity contribution in [1.82, 2.24) is 0 Å². The van der Waals surface area contributed by atoms with E-state index in [1.165, 1.54) is 0 Å². The van der Waals surface area contributed by atoms with Gasteiger partial charge >= 0.3 is 0 Å². The molecule has 1 nitrogen and oxygen atoms in total. The third-order valence-electron chi connectivity index (χ3n) is 1.52. The molecule has 64 valence electrons. The molecule has 0 atom stereocenters. The van der Waals surface area contributed by atoms with Crippen LogP contribution in [-0.2, 0) is 0 Å². The molecular formula is C9H8ClFO. The summed E-state index contributed by atoms with van der Waals surface area (Å²) in [6, 6.07) is 6.61. The lowest BCUT2D eigenvalue weighted by atomic mass is 10.1. The molecule has 1 N–H and O–H groups in total. The van der Waals surface area contributed by atoms with E-state index < -0.39 is 0 Å². The molecule has 0 unspecified atom stereocenters. The third-order valence-corrected chi connectivity index (χ3v) is 1.77. The van der Waals surface area contributed by atoms with Crippen molar-refractivity contribution in [2.45, 2.75) is 0 Å². The number of aliphatic hydroxyl groups is 1. The van der Waals surface area contributed by atoms with Crippen molar-refractivity contribution in [2.24, 2.45) is 0 Å². The average Bonchev–Trinajstić information content (AvgIpc) is 2.10. The molecule has 0 spiro atoms. The van der Waals surface area contributed by atoms with E-state index >= 15 is 0 Å². The molecule has 1 aromatic carbocycles. The Kier molecular flexibility index (Phi) is 3.26. The molecule has 0 aliphatic carbocycles. The first-order valence-electron chi connectivity index (χ1n) is 3.44. The predicted molar refractivity (Wildman–Crippen MR) is 47.6 cm³/mol. The average molecular weight is 187 g/mol. The number of halogens is 2. The maximum atomic E-state index is 12.1. The van der Waals surface area contributed by atoms with Crippen molar-refractivity contribution in [3.05, 3.63) is 41.2 Å². The summed E-state index contributed by atoms with van der Waals surface area (Å²) < 4.78 is 12.1. The number of hydrogen-bond donors (Lipinski definition) is 1. The molecule has 0 saturated heterocycles. The van der Waals surface area contributed by atoms with Crippen LogP contribution in [0.2, 0.25) is 5.02 Å². The Morgan fingerprint density at radius 3 is 2.42 bits per heavy atom. The van der Waals surface area contributed by atoms with Crippen LogP contribution >= 0.6 is 11.6 Å². The van der Waals surface area contributed by atoms with Crippen molar-refractivity contribution in [2.75, 3.05) is 6.61 Å². The highest BCUT2D eigenvalue weighted by molar-refractivity contribution is 6.30. The normalized spacial score (nSPS) is 11.8. The molecule has 0 saturated carbocycles. The van der Waals surface area contributed by atoms with Crippen molar-refractivity contribution < 1.29 is 9.50 Å². The summed E-state index contributed by atoms with van der Waals surface area (Å²) in [5.41, 5.74) is 0.899. The van der Waals surface area contributed by atoms with E-state index in [0.717, 1.165) is 0 Å². The Morgan fingerprint density at radius 1 is 1.42 bits per heavy atom. The van der Waals surface area contributed by atoms with E-state index in [-0.39, 0.29) is 12.2 Å². The van der Waals surface area contributed by atoms with Crippen molar-refractivity contribution in [3.8, 4) is 0 Å². The fraction of sp³-hybridized carbons (Fsp3) is 0.111. The number of rotatable bonds is 2.